The van der Waals surface area contributed by atoms with Gasteiger partial charge in [0.1, 0.15) is 17.5 Å². The smallest absolute Gasteiger partial charge is 0.265 e. The van der Waals surface area contributed by atoms with Gasteiger partial charge in [-0.15, -0.1) is 0 Å². The second kappa shape index (κ2) is 6.54. The van der Waals surface area contributed by atoms with Gasteiger partial charge < -0.3 is 14.1 Å². The monoisotopic (exact) mass is 319 g/mol. The first kappa shape index (κ1) is 15.7. The molecule has 7 heteroatoms. The number of fused-ring (bicyclic) bond motifs is 1. The molecule has 0 saturated carbocycles. The number of likely N-dealkylation sites (tertiary alicyclic amines) is 1. The normalized spacial score (nSPS) is 14.8. The lowest BCUT2D eigenvalue weighted by Crippen LogP contribution is -2.30. The van der Waals surface area contributed by atoms with Crippen LogP contribution in [0.15, 0.2) is 15.5 Å². The number of methoxy groups -OCH3 is 1. The Labute approximate surface area is 133 Å². The molecule has 0 aromatic carbocycles. The Bertz CT molecular complexity index is 771. The summed E-state index contributed by atoms with van der Waals surface area (Å²) in [5.41, 5.74) is 0.365. The molecule has 1 amide bonds. The van der Waals surface area contributed by atoms with E-state index in [0.717, 1.165) is 25.9 Å². The summed E-state index contributed by atoms with van der Waals surface area (Å²) in [5.74, 6) is 0.323. The third-order valence-electron chi connectivity index (χ3n) is 4.21. The molecule has 0 radical (unpaired) electrons. The molecule has 7 nitrogen and oxygen atoms in total. The van der Waals surface area contributed by atoms with Crippen molar-refractivity contribution in [1.82, 2.24) is 14.5 Å². The fourth-order valence-electron chi connectivity index (χ4n) is 3.01. The fourth-order valence-corrected chi connectivity index (χ4v) is 3.01. The molecule has 1 fully saturated rings. The zero-order chi connectivity index (χ0) is 16.4. The van der Waals surface area contributed by atoms with E-state index in [2.05, 4.69) is 4.98 Å². The minimum atomic E-state index is -0.231. The first-order valence-electron chi connectivity index (χ1n) is 7.90. The maximum atomic E-state index is 12.7. The SMILES string of the molecule is COCCCn1cnc2oc(C)c(C(=O)N3CCCC3)c2c1=O. The number of carbonyl (C=O) groups is 1. The molecule has 0 unspecified atom stereocenters. The average molecular weight is 319 g/mol. The van der Waals surface area contributed by atoms with Gasteiger partial charge in [0.2, 0.25) is 5.71 Å². The second-order valence-electron chi connectivity index (χ2n) is 5.80. The molecule has 0 N–H and O–H groups in total. The standard InChI is InChI=1S/C16H21N3O4/c1-11-12(15(20)18-6-3-4-7-18)13-14(23-11)17-10-19(16(13)21)8-5-9-22-2/h10H,3-9H2,1-2H3. The van der Waals surface area contributed by atoms with E-state index in [1.807, 2.05) is 0 Å². The highest BCUT2D eigenvalue weighted by molar-refractivity contribution is 6.06. The Kier molecular flexibility index (Phi) is 4.47. The Morgan fingerprint density at radius 2 is 2.13 bits per heavy atom. The summed E-state index contributed by atoms with van der Waals surface area (Å²) in [4.78, 5) is 31.4. The molecule has 1 aliphatic heterocycles. The number of nitrogens with zero attached hydrogens (tertiary/aromatic N) is 3. The summed E-state index contributed by atoms with van der Waals surface area (Å²) in [6.07, 6.45) is 4.17. The largest absolute Gasteiger partial charge is 0.442 e. The lowest BCUT2D eigenvalue weighted by molar-refractivity contribution is 0.0792. The molecule has 0 atom stereocenters. The van der Waals surface area contributed by atoms with Crippen LogP contribution in [0, 0.1) is 6.92 Å². The predicted octanol–water partition coefficient (Wildman–Crippen LogP) is 1.57. The minimum Gasteiger partial charge on any atom is -0.442 e. The zero-order valence-corrected chi connectivity index (χ0v) is 13.5. The van der Waals surface area contributed by atoms with Crippen LogP contribution >= 0.6 is 0 Å². The van der Waals surface area contributed by atoms with Crippen molar-refractivity contribution in [3.8, 4) is 0 Å². The van der Waals surface area contributed by atoms with Gasteiger partial charge in [-0.2, -0.15) is 0 Å². The van der Waals surface area contributed by atoms with Gasteiger partial charge in [0.15, 0.2) is 0 Å². The van der Waals surface area contributed by atoms with E-state index in [4.69, 9.17) is 9.15 Å². The van der Waals surface area contributed by atoms with Crippen molar-refractivity contribution in [2.75, 3.05) is 26.8 Å². The van der Waals surface area contributed by atoms with E-state index >= 15 is 0 Å². The maximum Gasteiger partial charge on any atom is 0.265 e. The van der Waals surface area contributed by atoms with E-state index < -0.39 is 0 Å². The Balaban J connectivity index is 2.03. The third kappa shape index (κ3) is 2.88. The van der Waals surface area contributed by atoms with Gasteiger partial charge in [0, 0.05) is 33.4 Å². The van der Waals surface area contributed by atoms with Gasteiger partial charge in [-0.3, -0.25) is 14.2 Å². The van der Waals surface area contributed by atoms with E-state index in [1.165, 1.54) is 10.9 Å². The molecule has 1 saturated heterocycles. The van der Waals surface area contributed by atoms with E-state index in [9.17, 15) is 9.59 Å². The number of rotatable bonds is 5. The fraction of sp³-hybridized carbons (Fsp3) is 0.562. The molecule has 2 aromatic rings. The van der Waals surface area contributed by atoms with Crippen LogP contribution in [0.5, 0.6) is 0 Å². The molecule has 1 aliphatic rings. The van der Waals surface area contributed by atoms with E-state index in [1.54, 1.807) is 18.9 Å². The highest BCUT2D eigenvalue weighted by atomic mass is 16.5. The number of hydrogen-bond acceptors (Lipinski definition) is 5. The number of hydrogen-bond donors (Lipinski definition) is 0. The number of furan rings is 1. The van der Waals surface area contributed by atoms with Crippen LogP contribution < -0.4 is 5.56 Å². The summed E-state index contributed by atoms with van der Waals surface area (Å²) >= 11 is 0. The number of aryl methyl sites for hydroxylation is 2. The summed E-state index contributed by atoms with van der Waals surface area (Å²) < 4.78 is 12.1. The predicted molar refractivity (Wildman–Crippen MR) is 84.6 cm³/mol. The van der Waals surface area contributed by atoms with Crippen LogP contribution in [0.4, 0.5) is 0 Å². The molecule has 0 spiro atoms. The highest BCUT2D eigenvalue weighted by Gasteiger charge is 2.28. The lowest BCUT2D eigenvalue weighted by atomic mass is 10.1. The molecule has 0 bridgehead atoms. The lowest BCUT2D eigenvalue weighted by Gasteiger charge is -2.14. The summed E-state index contributed by atoms with van der Waals surface area (Å²) in [5, 5.41) is 0.291. The first-order valence-corrected chi connectivity index (χ1v) is 7.90. The van der Waals surface area contributed by atoms with Crippen molar-refractivity contribution in [3.05, 3.63) is 28.0 Å². The van der Waals surface area contributed by atoms with Crippen molar-refractivity contribution in [3.63, 3.8) is 0 Å². The van der Waals surface area contributed by atoms with Crippen LogP contribution in [-0.4, -0.2) is 47.2 Å². The topological polar surface area (TPSA) is 77.6 Å². The molecule has 124 valence electrons. The number of aromatic nitrogens is 2. The summed E-state index contributed by atoms with van der Waals surface area (Å²) in [7, 11) is 1.62. The Hall–Kier alpha value is -2.15. The van der Waals surface area contributed by atoms with Gasteiger partial charge in [0.05, 0.1) is 5.56 Å². The van der Waals surface area contributed by atoms with Gasteiger partial charge in [-0.1, -0.05) is 0 Å². The van der Waals surface area contributed by atoms with Gasteiger partial charge in [0.25, 0.3) is 11.5 Å². The highest BCUT2D eigenvalue weighted by Crippen LogP contribution is 2.24. The van der Waals surface area contributed by atoms with Crippen molar-refractivity contribution in [2.24, 2.45) is 0 Å². The zero-order valence-electron chi connectivity index (χ0n) is 13.5. The first-order chi connectivity index (χ1) is 11.1. The Morgan fingerprint density at radius 1 is 1.39 bits per heavy atom. The number of amides is 1. The van der Waals surface area contributed by atoms with Crippen molar-refractivity contribution < 1.29 is 13.9 Å². The van der Waals surface area contributed by atoms with Gasteiger partial charge >= 0.3 is 0 Å². The molecule has 0 aliphatic carbocycles. The van der Waals surface area contributed by atoms with Crippen LogP contribution in [0.1, 0.15) is 35.4 Å². The molecule has 3 heterocycles. The third-order valence-corrected chi connectivity index (χ3v) is 4.21. The van der Waals surface area contributed by atoms with Crippen LogP contribution in [0.25, 0.3) is 11.1 Å². The summed E-state index contributed by atoms with van der Waals surface area (Å²) in [6.45, 7) is 4.23. The maximum absolute atomic E-state index is 12.7. The number of ether oxygens (including phenoxy) is 1. The quantitative estimate of drug-likeness (QED) is 0.782. The van der Waals surface area contributed by atoms with Crippen molar-refractivity contribution in [1.29, 1.82) is 0 Å². The van der Waals surface area contributed by atoms with Crippen LogP contribution in [0.3, 0.4) is 0 Å². The average Bonchev–Trinajstić information content (AvgIpc) is 3.16. The molecular weight excluding hydrogens is 298 g/mol. The van der Waals surface area contributed by atoms with Crippen LogP contribution in [-0.2, 0) is 11.3 Å². The minimum absolute atomic E-state index is 0.132. The van der Waals surface area contributed by atoms with Crippen molar-refractivity contribution >= 4 is 17.0 Å². The van der Waals surface area contributed by atoms with Crippen molar-refractivity contribution in [2.45, 2.75) is 32.7 Å². The van der Waals surface area contributed by atoms with Crippen LogP contribution in [0.2, 0.25) is 0 Å². The number of carbonyl (C=O) groups excluding carboxylic acids is 1. The Morgan fingerprint density at radius 3 is 2.83 bits per heavy atom. The van der Waals surface area contributed by atoms with Gasteiger partial charge in [-0.05, 0) is 26.2 Å². The molecule has 23 heavy (non-hydrogen) atoms. The van der Waals surface area contributed by atoms with E-state index in [-0.39, 0.29) is 17.2 Å². The summed E-state index contributed by atoms with van der Waals surface area (Å²) in [6, 6.07) is 0. The van der Waals surface area contributed by atoms with E-state index in [0.29, 0.717) is 36.3 Å². The molecule has 2 aromatic heterocycles. The molecular formula is C16H21N3O4. The van der Waals surface area contributed by atoms with Gasteiger partial charge in [-0.25, -0.2) is 4.98 Å². The second-order valence-corrected chi connectivity index (χ2v) is 5.80. The molecule has 3 rings (SSSR count).